The number of aliphatic hydroxyl groups is 1. The largest absolute Gasteiger partial charge is 0.454 e. The molecule has 1 aromatic heterocycles. The molecule has 1 aromatic carbocycles. The number of thiazole rings is 1. The Labute approximate surface area is 145 Å². The zero-order chi connectivity index (χ0) is 16.5. The van der Waals surface area contributed by atoms with Crippen LogP contribution >= 0.6 is 11.3 Å². The molecule has 1 N–H and O–H groups in total. The molecule has 6 heteroatoms. The summed E-state index contributed by atoms with van der Waals surface area (Å²) in [5.41, 5.74) is 2.13. The van der Waals surface area contributed by atoms with Gasteiger partial charge in [-0.2, -0.15) is 0 Å². The first-order chi connectivity index (χ1) is 11.7. The minimum absolute atomic E-state index is 0.245. The van der Waals surface area contributed by atoms with Crippen LogP contribution in [0.15, 0.2) is 23.6 Å². The number of aliphatic hydroxyl groups excluding tert-OH is 1. The van der Waals surface area contributed by atoms with Crippen molar-refractivity contribution in [1.29, 1.82) is 0 Å². The molecule has 0 aliphatic carbocycles. The molecule has 4 rings (SSSR count). The molecule has 0 amide bonds. The van der Waals surface area contributed by atoms with Gasteiger partial charge in [-0.3, -0.25) is 4.90 Å². The van der Waals surface area contributed by atoms with Gasteiger partial charge in [-0.1, -0.05) is 6.42 Å². The average molecular weight is 346 g/mol. The van der Waals surface area contributed by atoms with Crippen molar-refractivity contribution in [3.63, 3.8) is 0 Å². The van der Waals surface area contributed by atoms with Crippen LogP contribution in [0.25, 0.3) is 10.6 Å². The maximum Gasteiger partial charge on any atom is 0.231 e. The van der Waals surface area contributed by atoms with E-state index in [9.17, 15) is 5.11 Å². The van der Waals surface area contributed by atoms with Gasteiger partial charge in [0, 0.05) is 23.5 Å². The molecule has 2 aliphatic heterocycles. The van der Waals surface area contributed by atoms with Crippen LogP contribution in [-0.4, -0.2) is 40.5 Å². The summed E-state index contributed by atoms with van der Waals surface area (Å²) in [5, 5.41) is 13.1. The molecule has 0 saturated carbocycles. The van der Waals surface area contributed by atoms with Gasteiger partial charge in [-0.25, -0.2) is 4.98 Å². The Morgan fingerprint density at radius 3 is 3.08 bits per heavy atom. The monoisotopic (exact) mass is 346 g/mol. The van der Waals surface area contributed by atoms with E-state index in [1.807, 2.05) is 25.1 Å². The summed E-state index contributed by atoms with van der Waals surface area (Å²) in [6.07, 6.45) is 3.17. The summed E-state index contributed by atoms with van der Waals surface area (Å²) in [6.45, 7) is 4.02. The summed E-state index contributed by atoms with van der Waals surface area (Å²) < 4.78 is 10.8. The molecule has 2 aliphatic rings. The highest BCUT2D eigenvalue weighted by molar-refractivity contribution is 7.13. The van der Waals surface area contributed by atoms with Crippen molar-refractivity contribution >= 4 is 11.3 Å². The number of nitrogens with zero attached hydrogens (tertiary/aromatic N) is 2. The number of benzene rings is 1. The van der Waals surface area contributed by atoms with Gasteiger partial charge in [0.1, 0.15) is 5.01 Å². The Morgan fingerprint density at radius 2 is 2.21 bits per heavy atom. The van der Waals surface area contributed by atoms with Gasteiger partial charge in [0.25, 0.3) is 0 Å². The third kappa shape index (κ3) is 3.14. The number of hydrogen-bond donors (Lipinski definition) is 1. The Balaban J connectivity index is 1.50. The van der Waals surface area contributed by atoms with Crippen molar-refractivity contribution in [3.05, 3.63) is 29.3 Å². The number of hydrogen-bond acceptors (Lipinski definition) is 6. The fraction of sp³-hybridized carbons (Fsp3) is 0.500. The van der Waals surface area contributed by atoms with Gasteiger partial charge in [0.15, 0.2) is 11.5 Å². The molecule has 2 unspecified atom stereocenters. The molecule has 0 radical (unpaired) electrons. The number of rotatable bonds is 4. The molecule has 1 saturated heterocycles. The maximum absolute atomic E-state index is 10.0. The number of likely N-dealkylation sites (tertiary alicyclic amines) is 1. The first-order valence-corrected chi connectivity index (χ1v) is 9.35. The summed E-state index contributed by atoms with van der Waals surface area (Å²) in [5.74, 6) is 1.58. The number of fused-ring (bicyclic) bond motifs is 1. The van der Waals surface area contributed by atoms with Crippen molar-refractivity contribution in [2.24, 2.45) is 0 Å². The molecule has 3 heterocycles. The Morgan fingerprint density at radius 1 is 1.33 bits per heavy atom. The number of aromatic nitrogens is 1. The second-order valence-corrected chi connectivity index (χ2v) is 7.34. The smallest absolute Gasteiger partial charge is 0.231 e. The Kier molecular flexibility index (Phi) is 4.43. The summed E-state index contributed by atoms with van der Waals surface area (Å²) in [6, 6.07) is 6.20. The highest BCUT2D eigenvalue weighted by Crippen LogP contribution is 2.37. The van der Waals surface area contributed by atoms with Crippen LogP contribution in [0.5, 0.6) is 11.5 Å². The van der Waals surface area contributed by atoms with Crippen LogP contribution < -0.4 is 9.47 Å². The van der Waals surface area contributed by atoms with Crippen LogP contribution in [-0.2, 0) is 6.54 Å². The molecule has 0 bridgehead atoms. The van der Waals surface area contributed by atoms with E-state index in [0.717, 1.165) is 47.3 Å². The molecular weight excluding hydrogens is 324 g/mol. The molecule has 2 atom stereocenters. The van der Waals surface area contributed by atoms with Crippen molar-refractivity contribution in [3.8, 4) is 22.1 Å². The van der Waals surface area contributed by atoms with Crippen LogP contribution in [0.1, 0.15) is 31.9 Å². The standard InChI is InChI=1S/C18H22N2O3S/c1-12(21)15-4-2-3-7-20(15)9-14-10-24-18(19-14)13-5-6-16-17(8-13)23-11-22-16/h5-6,8,10,12,15,21H,2-4,7,9,11H2,1H3. The summed E-state index contributed by atoms with van der Waals surface area (Å²) in [4.78, 5) is 7.16. The van der Waals surface area contributed by atoms with E-state index in [-0.39, 0.29) is 18.9 Å². The third-order valence-corrected chi connectivity index (χ3v) is 5.70. The normalized spacial score (nSPS) is 21.8. The van der Waals surface area contributed by atoms with Crippen LogP contribution in [0.2, 0.25) is 0 Å². The lowest BCUT2D eigenvalue weighted by Gasteiger charge is -2.36. The van der Waals surface area contributed by atoms with Gasteiger partial charge >= 0.3 is 0 Å². The predicted molar refractivity (Wildman–Crippen MR) is 93.4 cm³/mol. The topological polar surface area (TPSA) is 54.8 Å². The van der Waals surface area contributed by atoms with Gasteiger partial charge in [-0.05, 0) is 44.5 Å². The van der Waals surface area contributed by atoms with E-state index in [0.29, 0.717) is 0 Å². The van der Waals surface area contributed by atoms with Crippen LogP contribution in [0.3, 0.4) is 0 Å². The molecule has 1 fully saturated rings. The first kappa shape index (κ1) is 15.9. The minimum atomic E-state index is -0.294. The second-order valence-electron chi connectivity index (χ2n) is 6.49. The van der Waals surface area contributed by atoms with Gasteiger partial charge in [-0.15, -0.1) is 11.3 Å². The van der Waals surface area contributed by atoms with Crippen LogP contribution in [0, 0.1) is 0 Å². The van der Waals surface area contributed by atoms with Gasteiger partial charge in [0.2, 0.25) is 6.79 Å². The maximum atomic E-state index is 10.0. The van der Waals surface area contributed by atoms with Crippen molar-refractivity contribution < 1.29 is 14.6 Å². The lowest BCUT2D eigenvalue weighted by molar-refractivity contribution is 0.0311. The van der Waals surface area contributed by atoms with Crippen LogP contribution in [0.4, 0.5) is 0 Å². The lowest BCUT2D eigenvalue weighted by atomic mass is 9.98. The average Bonchev–Trinajstić information content (AvgIpc) is 3.23. The van der Waals surface area contributed by atoms with Gasteiger partial charge in [0.05, 0.1) is 11.8 Å². The molecule has 0 spiro atoms. The predicted octanol–water partition coefficient (Wildman–Crippen LogP) is 3.27. The Bertz CT molecular complexity index is 716. The zero-order valence-corrected chi connectivity index (χ0v) is 14.6. The van der Waals surface area contributed by atoms with E-state index in [2.05, 4.69) is 10.3 Å². The van der Waals surface area contributed by atoms with Crippen molar-refractivity contribution in [2.45, 2.75) is 44.9 Å². The quantitative estimate of drug-likeness (QED) is 0.921. The van der Waals surface area contributed by atoms with Crippen molar-refractivity contribution in [1.82, 2.24) is 9.88 Å². The number of ether oxygens (including phenoxy) is 2. The highest BCUT2D eigenvalue weighted by atomic mass is 32.1. The van der Waals surface area contributed by atoms with E-state index in [4.69, 9.17) is 14.5 Å². The Hall–Kier alpha value is -1.63. The van der Waals surface area contributed by atoms with E-state index in [1.165, 1.54) is 12.8 Å². The SMILES string of the molecule is CC(O)C1CCCCN1Cc1csc(-c2ccc3c(c2)OCO3)n1. The highest BCUT2D eigenvalue weighted by Gasteiger charge is 2.26. The lowest BCUT2D eigenvalue weighted by Crippen LogP contribution is -2.45. The van der Waals surface area contributed by atoms with Crippen molar-refractivity contribution in [2.75, 3.05) is 13.3 Å². The third-order valence-electron chi connectivity index (χ3n) is 4.76. The zero-order valence-electron chi connectivity index (χ0n) is 13.8. The summed E-state index contributed by atoms with van der Waals surface area (Å²) >= 11 is 1.65. The van der Waals surface area contributed by atoms with E-state index < -0.39 is 0 Å². The summed E-state index contributed by atoms with van der Waals surface area (Å²) in [7, 11) is 0. The fourth-order valence-electron chi connectivity index (χ4n) is 3.51. The minimum Gasteiger partial charge on any atom is -0.454 e. The molecular formula is C18H22N2O3S. The number of piperidine rings is 1. The fourth-order valence-corrected chi connectivity index (χ4v) is 4.32. The first-order valence-electron chi connectivity index (χ1n) is 8.47. The van der Waals surface area contributed by atoms with E-state index >= 15 is 0 Å². The molecule has 5 nitrogen and oxygen atoms in total. The van der Waals surface area contributed by atoms with E-state index in [1.54, 1.807) is 11.3 Å². The molecule has 24 heavy (non-hydrogen) atoms. The second kappa shape index (κ2) is 6.70. The molecule has 128 valence electrons. The molecule has 2 aromatic rings. The van der Waals surface area contributed by atoms with Gasteiger partial charge < -0.3 is 14.6 Å².